The lowest BCUT2D eigenvalue weighted by molar-refractivity contribution is -0.921. The zero-order valence-corrected chi connectivity index (χ0v) is 20.4. The van der Waals surface area contributed by atoms with E-state index in [0.717, 1.165) is 4.48 Å². The van der Waals surface area contributed by atoms with E-state index >= 15 is 0 Å². The first kappa shape index (κ1) is 26.2. The van der Waals surface area contributed by atoms with Gasteiger partial charge in [0.15, 0.2) is 0 Å². The Labute approximate surface area is 183 Å². The van der Waals surface area contributed by atoms with Crippen LogP contribution in [0.5, 0.6) is 0 Å². The predicted molar refractivity (Wildman–Crippen MR) is 131 cm³/mol. The van der Waals surface area contributed by atoms with Crippen LogP contribution in [0.15, 0.2) is 30.3 Å². The lowest BCUT2D eigenvalue weighted by Gasteiger charge is -2.38. The van der Waals surface area contributed by atoms with Crippen LogP contribution >= 0.6 is 0 Å². The summed E-state index contributed by atoms with van der Waals surface area (Å²) in [5.74, 6) is 0. The summed E-state index contributed by atoms with van der Waals surface area (Å²) in [4.78, 5) is 0. The minimum Gasteiger partial charge on any atom is -0.322 e. The van der Waals surface area contributed by atoms with Crippen LogP contribution in [0.1, 0.15) is 128 Å². The molecule has 1 unspecified atom stereocenters. The normalized spacial score (nSPS) is 13.0. The van der Waals surface area contributed by atoms with Gasteiger partial charge in [-0.15, -0.1) is 0 Å². The molecule has 0 aliphatic heterocycles. The summed E-state index contributed by atoms with van der Waals surface area (Å²) in [6.45, 7) is 5.93. The molecule has 0 saturated carbocycles. The zero-order chi connectivity index (χ0) is 21.2. The van der Waals surface area contributed by atoms with Crippen LogP contribution in [0.2, 0.25) is 0 Å². The lowest BCUT2D eigenvalue weighted by atomic mass is 10.00. The van der Waals surface area contributed by atoms with Crippen LogP contribution < -0.4 is 0 Å². The van der Waals surface area contributed by atoms with Gasteiger partial charge < -0.3 is 4.48 Å². The van der Waals surface area contributed by atoms with Gasteiger partial charge in [0.25, 0.3) is 0 Å². The van der Waals surface area contributed by atoms with Crippen molar-refractivity contribution in [2.24, 2.45) is 0 Å². The molecule has 0 amide bonds. The molecule has 1 aromatic rings. The summed E-state index contributed by atoms with van der Waals surface area (Å²) >= 11 is 0. The zero-order valence-electron chi connectivity index (χ0n) is 20.4. The van der Waals surface area contributed by atoms with Crippen LogP contribution in [-0.2, 0) is 0 Å². The molecule has 0 aromatic heterocycles. The standard InChI is InChI=1S/C28H52N/c1-5-7-8-9-10-11-12-13-14-15-16-17-18-19-23-26-29(3,4)28(6-2)27-24-21-20-22-25-27/h20-22,24-25,28H,5-19,23,26H2,1-4H3/q+1. The Morgan fingerprint density at radius 1 is 0.586 bits per heavy atom. The number of hydrogen-bond donors (Lipinski definition) is 0. The van der Waals surface area contributed by atoms with E-state index < -0.39 is 0 Å². The van der Waals surface area contributed by atoms with Gasteiger partial charge in [-0.2, -0.15) is 0 Å². The molecule has 1 rings (SSSR count). The Morgan fingerprint density at radius 3 is 1.41 bits per heavy atom. The van der Waals surface area contributed by atoms with Crippen molar-refractivity contribution in [1.29, 1.82) is 0 Å². The van der Waals surface area contributed by atoms with Crippen LogP contribution in [0.3, 0.4) is 0 Å². The molecule has 1 aromatic carbocycles. The number of nitrogens with zero attached hydrogens (tertiary/aromatic N) is 1. The van der Waals surface area contributed by atoms with Crippen molar-refractivity contribution in [2.45, 2.75) is 123 Å². The number of benzene rings is 1. The van der Waals surface area contributed by atoms with Crippen molar-refractivity contribution in [3.63, 3.8) is 0 Å². The van der Waals surface area contributed by atoms with Gasteiger partial charge in [-0.1, -0.05) is 128 Å². The summed E-state index contributed by atoms with van der Waals surface area (Å²) in [5, 5.41) is 0. The summed E-state index contributed by atoms with van der Waals surface area (Å²) in [5.41, 5.74) is 1.50. The van der Waals surface area contributed by atoms with Gasteiger partial charge in [0.2, 0.25) is 0 Å². The van der Waals surface area contributed by atoms with E-state index in [9.17, 15) is 0 Å². The molecule has 0 bridgehead atoms. The molecule has 1 nitrogen and oxygen atoms in total. The fourth-order valence-corrected chi connectivity index (χ4v) is 4.86. The third-order valence-corrected chi connectivity index (χ3v) is 6.75. The highest BCUT2D eigenvalue weighted by atomic mass is 15.3. The van der Waals surface area contributed by atoms with Gasteiger partial charge in [0.05, 0.1) is 20.6 Å². The van der Waals surface area contributed by atoms with Crippen molar-refractivity contribution in [1.82, 2.24) is 0 Å². The van der Waals surface area contributed by atoms with Crippen molar-refractivity contribution in [3.05, 3.63) is 35.9 Å². The number of unbranched alkanes of at least 4 members (excludes halogenated alkanes) is 14. The highest BCUT2D eigenvalue weighted by Crippen LogP contribution is 2.28. The largest absolute Gasteiger partial charge is 0.322 e. The smallest absolute Gasteiger partial charge is 0.114 e. The van der Waals surface area contributed by atoms with Gasteiger partial charge in [-0.05, 0) is 12.8 Å². The molecule has 0 aliphatic carbocycles. The summed E-state index contributed by atoms with van der Waals surface area (Å²) < 4.78 is 1.12. The van der Waals surface area contributed by atoms with E-state index in [2.05, 4.69) is 58.3 Å². The first-order chi connectivity index (χ1) is 14.1. The molecule has 0 heterocycles. The SMILES string of the molecule is CCCCCCCCCCCCCCCCC[N+](C)(C)C(CC)c1ccccc1. The molecule has 168 valence electrons. The average molecular weight is 403 g/mol. The summed E-state index contributed by atoms with van der Waals surface area (Å²) in [7, 11) is 4.84. The summed E-state index contributed by atoms with van der Waals surface area (Å²) in [6, 6.07) is 11.7. The molecule has 0 fully saturated rings. The van der Waals surface area contributed by atoms with E-state index in [-0.39, 0.29) is 0 Å². The monoisotopic (exact) mass is 402 g/mol. The van der Waals surface area contributed by atoms with Crippen molar-refractivity contribution in [3.8, 4) is 0 Å². The second-order valence-electron chi connectivity index (χ2n) is 9.79. The minimum atomic E-state index is 0.628. The van der Waals surface area contributed by atoms with E-state index in [0.29, 0.717) is 6.04 Å². The van der Waals surface area contributed by atoms with Crippen molar-refractivity contribution >= 4 is 0 Å². The highest BCUT2D eigenvalue weighted by Gasteiger charge is 2.27. The van der Waals surface area contributed by atoms with Crippen LogP contribution in [0.25, 0.3) is 0 Å². The molecular weight excluding hydrogens is 350 g/mol. The van der Waals surface area contributed by atoms with Crippen molar-refractivity contribution < 1.29 is 4.48 Å². The average Bonchev–Trinajstić information content (AvgIpc) is 2.72. The van der Waals surface area contributed by atoms with E-state index in [1.165, 1.54) is 115 Å². The molecule has 1 atom stereocenters. The van der Waals surface area contributed by atoms with Crippen molar-refractivity contribution in [2.75, 3.05) is 20.6 Å². The molecule has 1 heteroatoms. The Hall–Kier alpha value is -0.820. The maximum Gasteiger partial charge on any atom is 0.114 e. The van der Waals surface area contributed by atoms with Gasteiger partial charge >= 0.3 is 0 Å². The van der Waals surface area contributed by atoms with Gasteiger partial charge in [-0.25, -0.2) is 0 Å². The van der Waals surface area contributed by atoms with Gasteiger partial charge in [0.1, 0.15) is 6.04 Å². The van der Waals surface area contributed by atoms with E-state index in [4.69, 9.17) is 0 Å². The third kappa shape index (κ3) is 12.5. The topological polar surface area (TPSA) is 0 Å². The fraction of sp³-hybridized carbons (Fsp3) is 0.786. The van der Waals surface area contributed by atoms with Gasteiger partial charge in [0, 0.05) is 12.0 Å². The first-order valence-electron chi connectivity index (χ1n) is 13.0. The molecule has 0 spiro atoms. The molecular formula is C28H52N+. The Bertz CT molecular complexity index is 464. The lowest BCUT2D eigenvalue weighted by Crippen LogP contribution is -2.43. The number of hydrogen-bond acceptors (Lipinski definition) is 0. The van der Waals surface area contributed by atoms with Crippen LogP contribution in [0, 0.1) is 0 Å². The summed E-state index contributed by atoms with van der Waals surface area (Å²) in [6.07, 6.45) is 22.9. The third-order valence-electron chi connectivity index (χ3n) is 6.75. The van der Waals surface area contributed by atoms with Gasteiger partial charge in [-0.3, -0.25) is 0 Å². The number of quaternary nitrogens is 1. The minimum absolute atomic E-state index is 0.628. The maximum atomic E-state index is 2.42. The molecule has 0 saturated heterocycles. The quantitative estimate of drug-likeness (QED) is 0.160. The second-order valence-corrected chi connectivity index (χ2v) is 9.79. The maximum absolute atomic E-state index is 2.42. The molecule has 0 N–H and O–H groups in total. The molecule has 0 aliphatic rings. The number of rotatable bonds is 19. The Kier molecular flexibility index (Phi) is 15.3. The highest BCUT2D eigenvalue weighted by molar-refractivity contribution is 5.17. The van der Waals surface area contributed by atoms with Crippen LogP contribution in [-0.4, -0.2) is 25.1 Å². The molecule has 29 heavy (non-hydrogen) atoms. The van der Waals surface area contributed by atoms with E-state index in [1.54, 1.807) is 0 Å². The Balaban J connectivity index is 1.98. The van der Waals surface area contributed by atoms with Crippen LogP contribution in [0.4, 0.5) is 0 Å². The predicted octanol–water partition coefficient (Wildman–Crippen LogP) is 9.09. The molecule has 0 radical (unpaired) electrons. The second kappa shape index (κ2) is 16.9. The first-order valence-corrected chi connectivity index (χ1v) is 13.0. The Morgan fingerprint density at radius 2 is 1.00 bits per heavy atom. The van der Waals surface area contributed by atoms with E-state index in [1.807, 2.05) is 0 Å². The fourth-order valence-electron chi connectivity index (χ4n) is 4.86.